The molecule has 3 aromatic carbocycles. The molecule has 40 heavy (non-hydrogen) atoms. The molecule has 3 aromatic heterocycles. The quantitative estimate of drug-likeness (QED) is 0.275. The molecule has 0 amide bonds. The minimum Gasteiger partial charge on any atom is -0.346 e. The molecule has 3 heterocycles. The summed E-state index contributed by atoms with van der Waals surface area (Å²) >= 11 is 6.29. The number of benzene rings is 3. The van der Waals surface area contributed by atoms with Gasteiger partial charge in [-0.2, -0.15) is 4.68 Å². The van der Waals surface area contributed by atoms with Crippen molar-refractivity contribution in [3.8, 4) is 28.1 Å². The summed E-state index contributed by atoms with van der Waals surface area (Å²) in [5.41, 5.74) is 3.82. The number of aromatic nitrogens is 7. The largest absolute Gasteiger partial charge is 0.346 e. The zero-order chi connectivity index (χ0) is 27.6. The van der Waals surface area contributed by atoms with Crippen molar-refractivity contribution in [2.24, 2.45) is 0 Å². The summed E-state index contributed by atoms with van der Waals surface area (Å²) in [6.07, 6.45) is 5.23. The SMILES string of the molecule is O=c1cc(-c2cc(Cl)ccc2-n2cnnn2)ccn1C(Cc1ccc(F)cc1)c1nc(-c2ccc(F)cc2)c[nH]1. The Morgan fingerprint density at radius 3 is 2.35 bits per heavy atom. The fourth-order valence-electron chi connectivity index (χ4n) is 4.57. The summed E-state index contributed by atoms with van der Waals surface area (Å²) in [6, 6.07) is 20.1. The average Bonchev–Trinajstić information content (AvgIpc) is 3.67. The third kappa shape index (κ3) is 5.16. The number of nitrogens with one attached hydrogen (secondary N) is 1. The van der Waals surface area contributed by atoms with Gasteiger partial charge in [-0.05, 0) is 82.2 Å². The second kappa shape index (κ2) is 10.7. The first-order valence-electron chi connectivity index (χ1n) is 12.3. The zero-order valence-electron chi connectivity index (χ0n) is 20.7. The maximum atomic E-state index is 13.6. The molecular weight excluding hydrogens is 536 g/mol. The van der Waals surface area contributed by atoms with Crippen LogP contribution in [0.25, 0.3) is 28.1 Å². The monoisotopic (exact) mass is 555 g/mol. The molecule has 0 aliphatic carbocycles. The number of hydrogen-bond donors (Lipinski definition) is 1. The van der Waals surface area contributed by atoms with Crippen molar-refractivity contribution in [3.63, 3.8) is 0 Å². The molecular formula is C29H20ClF2N7O. The van der Waals surface area contributed by atoms with E-state index in [4.69, 9.17) is 16.6 Å². The first-order valence-corrected chi connectivity index (χ1v) is 12.6. The number of rotatable bonds is 7. The van der Waals surface area contributed by atoms with E-state index in [1.165, 1.54) is 41.3 Å². The van der Waals surface area contributed by atoms with Crippen LogP contribution in [0.3, 0.4) is 0 Å². The van der Waals surface area contributed by atoms with Gasteiger partial charge in [0.15, 0.2) is 0 Å². The summed E-state index contributed by atoms with van der Waals surface area (Å²) in [5.74, 6) is -0.169. The Morgan fingerprint density at radius 2 is 1.65 bits per heavy atom. The Morgan fingerprint density at radius 1 is 0.900 bits per heavy atom. The Hall–Kier alpha value is -4.96. The Bertz CT molecular complexity index is 1830. The van der Waals surface area contributed by atoms with Gasteiger partial charge in [0.2, 0.25) is 0 Å². The normalized spacial score (nSPS) is 12.0. The Labute approximate surface area is 231 Å². The maximum absolute atomic E-state index is 13.6. The van der Waals surface area contributed by atoms with Gasteiger partial charge < -0.3 is 9.55 Å². The lowest BCUT2D eigenvalue weighted by Gasteiger charge is -2.19. The molecule has 6 aromatic rings. The van der Waals surface area contributed by atoms with Crippen LogP contribution in [0.15, 0.2) is 102 Å². The summed E-state index contributed by atoms with van der Waals surface area (Å²) in [5, 5.41) is 11.9. The number of halogens is 3. The van der Waals surface area contributed by atoms with Crippen molar-refractivity contribution in [3.05, 3.63) is 136 Å². The number of hydrogen-bond acceptors (Lipinski definition) is 5. The topological polar surface area (TPSA) is 94.3 Å². The number of aromatic amines is 1. The van der Waals surface area contributed by atoms with Gasteiger partial charge in [0, 0.05) is 41.0 Å². The highest BCUT2D eigenvalue weighted by Gasteiger charge is 2.21. The summed E-state index contributed by atoms with van der Waals surface area (Å²) in [4.78, 5) is 21.5. The third-order valence-corrected chi connectivity index (χ3v) is 6.78. The standard InChI is InChI=1S/C29H20ClF2N7O/c30-21-5-10-26(39-17-34-36-37-39)24(15-21)20-11-12-38(28(40)14-20)27(13-18-1-6-22(31)7-2-18)29-33-16-25(35-29)19-3-8-23(32)9-4-19/h1-12,14-17,27H,13H2,(H,33,35). The maximum Gasteiger partial charge on any atom is 0.251 e. The lowest BCUT2D eigenvalue weighted by molar-refractivity contribution is 0.536. The van der Waals surface area contributed by atoms with E-state index in [1.54, 1.807) is 59.4 Å². The van der Waals surface area contributed by atoms with E-state index in [2.05, 4.69) is 20.5 Å². The van der Waals surface area contributed by atoms with Crippen LogP contribution in [0.4, 0.5) is 8.78 Å². The first-order chi connectivity index (χ1) is 19.4. The predicted molar refractivity (Wildman–Crippen MR) is 146 cm³/mol. The molecule has 1 atom stereocenters. The van der Waals surface area contributed by atoms with E-state index in [9.17, 15) is 13.6 Å². The molecule has 0 saturated heterocycles. The van der Waals surface area contributed by atoms with Crippen molar-refractivity contribution in [1.29, 1.82) is 0 Å². The van der Waals surface area contributed by atoms with Crippen molar-refractivity contribution < 1.29 is 8.78 Å². The van der Waals surface area contributed by atoms with Crippen molar-refractivity contribution in [2.75, 3.05) is 0 Å². The fraction of sp³-hybridized carbons (Fsp3) is 0.0690. The molecule has 0 aliphatic heterocycles. The van der Waals surface area contributed by atoms with Crippen LogP contribution >= 0.6 is 11.6 Å². The molecule has 0 bridgehead atoms. The molecule has 0 aliphatic rings. The molecule has 8 nitrogen and oxygen atoms in total. The van der Waals surface area contributed by atoms with Crippen LogP contribution in [0, 0.1) is 11.6 Å². The Balaban J connectivity index is 1.41. The van der Waals surface area contributed by atoms with Crippen LogP contribution in [-0.4, -0.2) is 34.7 Å². The van der Waals surface area contributed by atoms with E-state index in [1.807, 2.05) is 6.07 Å². The average molecular weight is 556 g/mol. The van der Waals surface area contributed by atoms with Crippen molar-refractivity contribution in [2.45, 2.75) is 12.5 Å². The summed E-state index contributed by atoms with van der Waals surface area (Å²) < 4.78 is 30.1. The number of tetrazole rings is 1. The molecule has 198 valence electrons. The summed E-state index contributed by atoms with van der Waals surface area (Å²) in [6.45, 7) is 0. The molecule has 0 spiro atoms. The molecule has 0 fully saturated rings. The fourth-order valence-corrected chi connectivity index (χ4v) is 4.74. The van der Waals surface area contributed by atoms with E-state index in [0.29, 0.717) is 39.8 Å². The molecule has 11 heteroatoms. The van der Waals surface area contributed by atoms with Gasteiger partial charge in [0.05, 0.1) is 17.4 Å². The predicted octanol–water partition coefficient (Wildman–Crippen LogP) is 5.64. The van der Waals surface area contributed by atoms with E-state index >= 15 is 0 Å². The van der Waals surface area contributed by atoms with Gasteiger partial charge >= 0.3 is 0 Å². The van der Waals surface area contributed by atoms with Gasteiger partial charge in [0.1, 0.15) is 23.8 Å². The minimum absolute atomic E-state index is 0.285. The molecule has 6 rings (SSSR count). The van der Waals surface area contributed by atoms with Crippen LogP contribution in [0.1, 0.15) is 17.4 Å². The lowest BCUT2D eigenvalue weighted by Crippen LogP contribution is -2.27. The van der Waals surface area contributed by atoms with E-state index < -0.39 is 6.04 Å². The van der Waals surface area contributed by atoms with E-state index in [0.717, 1.165) is 11.1 Å². The summed E-state index contributed by atoms with van der Waals surface area (Å²) in [7, 11) is 0. The van der Waals surface area contributed by atoms with Crippen LogP contribution in [0.5, 0.6) is 0 Å². The van der Waals surface area contributed by atoms with Gasteiger partial charge in [-0.3, -0.25) is 4.79 Å². The number of nitrogens with zero attached hydrogens (tertiary/aromatic N) is 6. The zero-order valence-corrected chi connectivity index (χ0v) is 21.5. The van der Waals surface area contributed by atoms with Crippen LogP contribution in [-0.2, 0) is 6.42 Å². The highest BCUT2D eigenvalue weighted by molar-refractivity contribution is 6.31. The van der Waals surface area contributed by atoms with E-state index in [-0.39, 0.29) is 17.2 Å². The lowest BCUT2D eigenvalue weighted by atomic mass is 10.0. The Kier molecular flexibility index (Phi) is 6.75. The number of H-pyrrole nitrogens is 1. The highest BCUT2D eigenvalue weighted by Crippen LogP contribution is 2.30. The van der Waals surface area contributed by atoms with Crippen LogP contribution in [0.2, 0.25) is 5.02 Å². The van der Waals surface area contributed by atoms with Crippen molar-refractivity contribution in [1.82, 2.24) is 34.7 Å². The van der Waals surface area contributed by atoms with Gasteiger partial charge in [-0.25, -0.2) is 13.8 Å². The molecule has 1 unspecified atom stereocenters. The molecule has 1 N–H and O–H groups in total. The number of pyridine rings is 1. The van der Waals surface area contributed by atoms with Crippen molar-refractivity contribution >= 4 is 11.6 Å². The minimum atomic E-state index is -0.542. The number of imidazole rings is 1. The van der Waals surface area contributed by atoms with Gasteiger partial charge in [0.25, 0.3) is 5.56 Å². The first kappa shape index (κ1) is 25.3. The second-order valence-corrected chi connectivity index (χ2v) is 9.54. The molecule has 0 radical (unpaired) electrons. The third-order valence-electron chi connectivity index (χ3n) is 6.54. The smallest absolute Gasteiger partial charge is 0.251 e. The van der Waals surface area contributed by atoms with Gasteiger partial charge in [-0.1, -0.05) is 23.7 Å². The van der Waals surface area contributed by atoms with Crippen LogP contribution < -0.4 is 5.56 Å². The second-order valence-electron chi connectivity index (χ2n) is 9.10. The molecule has 0 saturated carbocycles. The van der Waals surface area contributed by atoms with Gasteiger partial charge in [-0.15, -0.1) is 5.10 Å². The highest BCUT2D eigenvalue weighted by atomic mass is 35.5.